The average molecular weight is 299 g/mol. The molecule has 7 heteroatoms. The van der Waals surface area contributed by atoms with E-state index >= 15 is 0 Å². The predicted octanol–water partition coefficient (Wildman–Crippen LogP) is 2.98. The van der Waals surface area contributed by atoms with Crippen molar-refractivity contribution in [1.29, 1.82) is 0 Å². The lowest BCUT2D eigenvalue weighted by Crippen LogP contribution is -1.79. The molecule has 0 aliphatic rings. The van der Waals surface area contributed by atoms with Gasteiger partial charge in [-0.25, -0.2) is 9.37 Å². The van der Waals surface area contributed by atoms with E-state index in [2.05, 4.69) is 35.5 Å². The first kappa shape index (κ1) is 9.86. The van der Waals surface area contributed by atoms with Crippen molar-refractivity contribution in [1.82, 2.24) is 19.6 Å². The van der Waals surface area contributed by atoms with E-state index in [0.717, 1.165) is 0 Å². The molecule has 1 N–H and O–H groups in total. The Labute approximate surface area is 102 Å². The van der Waals surface area contributed by atoms with Gasteiger partial charge in [-0.05, 0) is 33.5 Å². The summed E-state index contributed by atoms with van der Waals surface area (Å²) in [6.07, 6.45) is 0. The molecule has 4 nitrogen and oxygen atoms in total. The Morgan fingerprint density at radius 1 is 1.38 bits per heavy atom. The van der Waals surface area contributed by atoms with Crippen molar-refractivity contribution in [3.05, 3.63) is 27.8 Å². The molecule has 0 radical (unpaired) electrons. The third kappa shape index (κ3) is 1.52. The van der Waals surface area contributed by atoms with Crippen LogP contribution >= 0.6 is 27.5 Å². The zero-order valence-corrected chi connectivity index (χ0v) is 10.1. The predicted molar refractivity (Wildman–Crippen MR) is 62.7 cm³/mol. The second kappa shape index (κ2) is 3.60. The second-order valence-electron chi connectivity index (χ2n) is 3.16. The first-order valence-corrected chi connectivity index (χ1v) is 5.99. The lowest BCUT2D eigenvalue weighted by atomic mass is 10.3. The summed E-state index contributed by atoms with van der Waals surface area (Å²) >= 11 is 4.37. The normalized spacial score (nSPS) is 11.1. The van der Waals surface area contributed by atoms with Crippen LogP contribution in [0.2, 0.25) is 0 Å². The fourth-order valence-corrected chi connectivity index (χ4v) is 2.17. The number of aromatic amines is 1. The lowest BCUT2D eigenvalue weighted by molar-refractivity contribution is 0.623. The molecule has 3 rings (SSSR count). The van der Waals surface area contributed by atoms with Crippen LogP contribution in [0.4, 0.5) is 4.39 Å². The zero-order valence-electron chi connectivity index (χ0n) is 7.74. The van der Waals surface area contributed by atoms with E-state index in [1.54, 1.807) is 11.4 Å². The van der Waals surface area contributed by atoms with Gasteiger partial charge in [-0.15, -0.1) is 5.10 Å². The number of H-pyrrole nitrogens is 1. The van der Waals surface area contributed by atoms with E-state index in [9.17, 15) is 4.39 Å². The number of nitrogens with one attached hydrogen (secondary N) is 1. The van der Waals surface area contributed by atoms with E-state index < -0.39 is 0 Å². The minimum Gasteiger partial charge on any atom is -0.336 e. The SMILES string of the molecule is Fc1cc2[nH]c(-c3csnn3)nc2cc1Br. The number of aromatic nitrogens is 4. The van der Waals surface area contributed by atoms with Gasteiger partial charge in [-0.2, -0.15) is 0 Å². The maximum Gasteiger partial charge on any atom is 0.160 e. The van der Waals surface area contributed by atoms with Crippen LogP contribution in [0.5, 0.6) is 0 Å². The number of halogens is 2. The minimum atomic E-state index is -0.320. The van der Waals surface area contributed by atoms with Crippen LogP contribution in [0.1, 0.15) is 0 Å². The standard InChI is InChI=1S/C9H4BrFN4S/c10-4-1-6-7(2-5(4)11)13-9(12-6)8-3-16-15-14-8/h1-3H,(H,12,13). The van der Waals surface area contributed by atoms with Gasteiger partial charge in [0.1, 0.15) is 11.5 Å². The molecule has 0 saturated heterocycles. The van der Waals surface area contributed by atoms with Crippen molar-refractivity contribution >= 4 is 38.5 Å². The number of benzene rings is 1. The highest BCUT2D eigenvalue weighted by atomic mass is 79.9. The molecule has 0 saturated carbocycles. The molecule has 2 heterocycles. The number of nitrogens with zero attached hydrogens (tertiary/aromatic N) is 3. The molecular formula is C9H4BrFN4S. The van der Waals surface area contributed by atoms with Crippen LogP contribution in [0, 0.1) is 5.82 Å². The van der Waals surface area contributed by atoms with Gasteiger partial charge >= 0.3 is 0 Å². The lowest BCUT2D eigenvalue weighted by Gasteiger charge is -1.92. The van der Waals surface area contributed by atoms with Gasteiger partial charge in [0.25, 0.3) is 0 Å². The fraction of sp³-hybridized carbons (Fsp3) is 0. The number of fused-ring (bicyclic) bond motifs is 1. The number of rotatable bonds is 1. The van der Waals surface area contributed by atoms with Gasteiger partial charge in [0.15, 0.2) is 5.82 Å². The van der Waals surface area contributed by atoms with E-state index in [4.69, 9.17) is 0 Å². The molecule has 0 unspecified atom stereocenters. The smallest absolute Gasteiger partial charge is 0.160 e. The van der Waals surface area contributed by atoms with E-state index in [1.807, 2.05) is 0 Å². The summed E-state index contributed by atoms with van der Waals surface area (Å²) in [6, 6.07) is 3.03. The molecule has 0 aliphatic carbocycles. The Morgan fingerprint density at radius 3 is 3.00 bits per heavy atom. The van der Waals surface area contributed by atoms with Crippen LogP contribution in [0.3, 0.4) is 0 Å². The molecular weight excluding hydrogens is 295 g/mol. The van der Waals surface area contributed by atoms with Gasteiger partial charge in [0.2, 0.25) is 0 Å². The van der Waals surface area contributed by atoms with Gasteiger partial charge in [0.05, 0.1) is 15.5 Å². The van der Waals surface area contributed by atoms with Crippen molar-refractivity contribution in [3.63, 3.8) is 0 Å². The summed E-state index contributed by atoms with van der Waals surface area (Å²) in [5.74, 6) is 0.278. The van der Waals surface area contributed by atoms with Gasteiger partial charge < -0.3 is 4.98 Å². The average Bonchev–Trinajstić information content (AvgIpc) is 2.86. The molecule has 2 aromatic heterocycles. The molecule has 0 aliphatic heterocycles. The Kier molecular flexibility index (Phi) is 2.22. The number of imidazole rings is 1. The summed E-state index contributed by atoms with van der Waals surface area (Å²) in [5.41, 5.74) is 2.00. The molecule has 80 valence electrons. The first-order valence-electron chi connectivity index (χ1n) is 4.36. The van der Waals surface area contributed by atoms with Crippen LogP contribution in [-0.4, -0.2) is 19.6 Å². The largest absolute Gasteiger partial charge is 0.336 e. The van der Waals surface area contributed by atoms with Crippen LogP contribution in [-0.2, 0) is 0 Å². The maximum atomic E-state index is 13.3. The fourth-order valence-electron chi connectivity index (χ4n) is 1.39. The number of hydrogen-bond donors (Lipinski definition) is 1. The molecule has 16 heavy (non-hydrogen) atoms. The molecule has 0 amide bonds. The quantitative estimate of drug-likeness (QED) is 0.751. The van der Waals surface area contributed by atoms with Crippen LogP contribution < -0.4 is 0 Å². The zero-order chi connectivity index (χ0) is 11.1. The summed E-state index contributed by atoms with van der Waals surface area (Å²) in [7, 11) is 0. The Balaban J connectivity index is 2.23. The second-order valence-corrected chi connectivity index (χ2v) is 4.62. The van der Waals surface area contributed by atoms with Crippen LogP contribution in [0.25, 0.3) is 22.6 Å². The van der Waals surface area contributed by atoms with Gasteiger partial charge in [-0.3, -0.25) is 0 Å². The molecule has 0 bridgehead atoms. The van der Waals surface area contributed by atoms with Gasteiger partial charge in [0, 0.05) is 11.4 Å². The summed E-state index contributed by atoms with van der Waals surface area (Å²) in [6.45, 7) is 0. The molecule has 3 aromatic rings. The maximum absolute atomic E-state index is 13.3. The number of hydrogen-bond acceptors (Lipinski definition) is 4. The minimum absolute atomic E-state index is 0.320. The summed E-state index contributed by atoms with van der Waals surface area (Å²) in [4.78, 5) is 7.31. The van der Waals surface area contributed by atoms with Crippen molar-refractivity contribution in [3.8, 4) is 11.5 Å². The third-order valence-electron chi connectivity index (χ3n) is 2.13. The van der Waals surface area contributed by atoms with Gasteiger partial charge in [-0.1, -0.05) is 4.49 Å². The summed E-state index contributed by atoms with van der Waals surface area (Å²) in [5, 5.41) is 5.68. The highest BCUT2D eigenvalue weighted by molar-refractivity contribution is 9.10. The molecule has 0 spiro atoms. The monoisotopic (exact) mass is 298 g/mol. The summed E-state index contributed by atoms with van der Waals surface area (Å²) < 4.78 is 17.4. The molecule has 0 fully saturated rings. The van der Waals surface area contributed by atoms with E-state index in [0.29, 0.717) is 27.0 Å². The van der Waals surface area contributed by atoms with Crippen molar-refractivity contribution in [2.24, 2.45) is 0 Å². The molecule has 0 atom stereocenters. The Bertz CT molecular complexity index is 610. The van der Waals surface area contributed by atoms with E-state index in [-0.39, 0.29) is 5.82 Å². The topological polar surface area (TPSA) is 54.5 Å². The first-order chi connectivity index (χ1) is 7.74. The highest BCUT2D eigenvalue weighted by Gasteiger charge is 2.10. The third-order valence-corrected chi connectivity index (χ3v) is 3.24. The Hall–Kier alpha value is -1.34. The van der Waals surface area contributed by atoms with E-state index in [1.165, 1.54) is 17.6 Å². The van der Waals surface area contributed by atoms with Crippen molar-refractivity contribution < 1.29 is 4.39 Å². The Morgan fingerprint density at radius 2 is 2.25 bits per heavy atom. The van der Waals surface area contributed by atoms with Crippen LogP contribution in [0.15, 0.2) is 22.0 Å². The highest BCUT2D eigenvalue weighted by Crippen LogP contribution is 2.24. The van der Waals surface area contributed by atoms with Crippen molar-refractivity contribution in [2.75, 3.05) is 0 Å². The van der Waals surface area contributed by atoms with Crippen molar-refractivity contribution in [2.45, 2.75) is 0 Å². The molecule has 1 aromatic carbocycles.